The first-order chi connectivity index (χ1) is 18.0. The lowest BCUT2D eigenvalue weighted by atomic mass is 9.65. The van der Waals surface area contributed by atoms with E-state index in [9.17, 15) is 14.7 Å². The highest BCUT2D eigenvalue weighted by molar-refractivity contribution is 8.03. The van der Waals surface area contributed by atoms with Crippen molar-refractivity contribution in [2.75, 3.05) is 24.8 Å². The Hall–Kier alpha value is -3.43. The number of carbonyl (C=O) groups excluding carboxylic acids is 1. The molecule has 1 aliphatic carbocycles. The Balaban J connectivity index is 1.39. The lowest BCUT2D eigenvalue weighted by Crippen LogP contribution is -2.55. The summed E-state index contributed by atoms with van der Waals surface area (Å²) in [6.07, 6.45) is 8.94. The number of fused-ring (bicyclic) bond motifs is 1. The summed E-state index contributed by atoms with van der Waals surface area (Å²) in [5.41, 5.74) is 1.89. The van der Waals surface area contributed by atoms with Gasteiger partial charge in [0.1, 0.15) is 11.9 Å². The Labute approximate surface area is 219 Å². The molecule has 5 rings (SSSR count). The van der Waals surface area contributed by atoms with E-state index in [1.807, 2.05) is 49.6 Å². The molecule has 1 aromatic carbocycles. The standard InChI is InChI=1S/C28H30N4O4S/c1-3-20(22(27(34)35)32-24-23(37-2)25(33)28(24)10-14-36-15-11-28)17-4-6-19(7-5-17)31-26-21-16-29-12-8-18(21)9-13-30-26/h4-9,12-13,16,20,22,32H,3,10-11,14-15H2,1-2H3,(H,30,31)(H,34,35)/t20?,22-/m0/s1. The second kappa shape index (κ2) is 10.5. The largest absolute Gasteiger partial charge is 0.480 e. The molecule has 192 valence electrons. The number of benzene rings is 1. The smallest absolute Gasteiger partial charge is 0.326 e. The van der Waals surface area contributed by atoms with E-state index in [-0.39, 0.29) is 11.7 Å². The number of allylic oxidation sites excluding steroid dienone is 2. The van der Waals surface area contributed by atoms with Crippen molar-refractivity contribution < 1.29 is 19.4 Å². The van der Waals surface area contributed by atoms with Crippen LogP contribution < -0.4 is 10.6 Å². The van der Waals surface area contributed by atoms with Crippen LogP contribution in [0.5, 0.6) is 0 Å². The molecule has 0 saturated carbocycles. The van der Waals surface area contributed by atoms with Crippen LogP contribution >= 0.6 is 11.8 Å². The Kier molecular flexibility index (Phi) is 7.17. The number of ether oxygens (including phenoxy) is 1. The maximum atomic E-state index is 13.0. The van der Waals surface area contributed by atoms with Gasteiger partial charge < -0.3 is 20.5 Å². The van der Waals surface area contributed by atoms with E-state index in [1.54, 1.807) is 18.6 Å². The molecule has 1 aliphatic heterocycles. The van der Waals surface area contributed by atoms with Crippen LogP contribution in [0.2, 0.25) is 0 Å². The molecule has 3 aromatic rings. The number of rotatable bonds is 9. The number of anilines is 2. The van der Waals surface area contributed by atoms with Gasteiger partial charge in [-0.2, -0.15) is 0 Å². The zero-order valence-electron chi connectivity index (χ0n) is 20.9. The van der Waals surface area contributed by atoms with Crippen molar-refractivity contribution in [2.45, 2.75) is 38.1 Å². The molecule has 0 amide bonds. The minimum absolute atomic E-state index is 0.107. The SMILES string of the molecule is CCC(c1ccc(Nc2nccc3ccncc23)cc1)[C@H](NC1=C(SC)C(=O)C12CCOCC2)C(=O)O. The summed E-state index contributed by atoms with van der Waals surface area (Å²) < 4.78 is 5.49. The van der Waals surface area contributed by atoms with E-state index in [4.69, 9.17) is 4.74 Å². The van der Waals surface area contributed by atoms with Crippen LogP contribution in [-0.2, 0) is 14.3 Å². The molecule has 2 atom stereocenters. The Morgan fingerprint density at radius 3 is 2.57 bits per heavy atom. The van der Waals surface area contributed by atoms with E-state index < -0.39 is 17.4 Å². The fourth-order valence-corrected chi connectivity index (χ4v) is 6.25. The summed E-state index contributed by atoms with van der Waals surface area (Å²) in [6, 6.07) is 10.8. The van der Waals surface area contributed by atoms with Crippen LogP contribution in [-0.4, -0.2) is 52.3 Å². The van der Waals surface area contributed by atoms with Crippen LogP contribution in [0, 0.1) is 5.41 Å². The Morgan fingerprint density at radius 2 is 1.89 bits per heavy atom. The second-order valence-corrected chi connectivity index (χ2v) is 10.2. The van der Waals surface area contributed by atoms with E-state index in [0.717, 1.165) is 27.7 Å². The first-order valence-corrected chi connectivity index (χ1v) is 13.7. The first-order valence-electron chi connectivity index (χ1n) is 12.4. The fourth-order valence-electron chi connectivity index (χ4n) is 5.41. The summed E-state index contributed by atoms with van der Waals surface area (Å²) in [7, 11) is 0. The average molecular weight is 519 g/mol. The second-order valence-electron chi connectivity index (χ2n) is 9.41. The van der Waals surface area contributed by atoms with Crippen molar-refractivity contribution >= 4 is 45.8 Å². The topological polar surface area (TPSA) is 113 Å². The number of Topliss-reactive ketones (excluding diaryl/α,β-unsaturated/α-hetero) is 1. The summed E-state index contributed by atoms with van der Waals surface area (Å²) >= 11 is 1.38. The van der Waals surface area contributed by atoms with E-state index in [0.29, 0.717) is 43.2 Å². The monoisotopic (exact) mass is 518 g/mol. The molecule has 1 unspecified atom stereocenters. The number of aromatic nitrogens is 2. The van der Waals surface area contributed by atoms with Crippen LogP contribution in [0.15, 0.2) is 65.6 Å². The van der Waals surface area contributed by atoms with Gasteiger partial charge in [0.25, 0.3) is 0 Å². The van der Waals surface area contributed by atoms with Crippen molar-refractivity contribution in [1.29, 1.82) is 0 Å². The van der Waals surface area contributed by atoms with Gasteiger partial charge in [0.15, 0.2) is 5.78 Å². The third kappa shape index (κ3) is 4.57. The number of ketones is 1. The number of nitrogens with zero attached hydrogens (tertiary/aromatic N) is 2. The maximum absolute atomic E-state index is 13.0. The van der Waals surface area contributed by atoms with Gasteiger partial charge in [-0.15, -0.1) is 11.8 Å². The molecule has 2 aromatic heterocycles. The van der Waals surface area contributed by atoms with Crippen molar-refractivity contribution in [3.8, 4) is 0 Å². The van der Waals surface area contributed by atoms with Gasteiger partial charge in [-0.1, -0.05) is 19.1 Å². The molecule has 2 aliphatic rings. The number of hydrogen-bond donors (Lipinski definition) is 3. The molecule has 0 radical (unpaired) electrons. The normalized spacial score (nSPS) is 18.4. The summed E-state index contributed by atoms with van der Waals surface area (Å²) in [5.74, 6) is -0.398. The van der Waals surface area contributed by atoms with Crippen molar-refractivity contribution in [3.05, 3.63) is 71.2 Å². The number of carboxylic acids is 1. The summed E-state index contributed by atoms with van der Waals surface area (Å²) in [5, 5.41) is 18.9. The molecule has 3 N–H and O–H groups in total. The van der Waals surface area contributed by atoms with E-state index >= 15 is 0 Å². The lowest BCUT2D eigenvalue weighted by molar-refractivity contribution is -0.141. The molecular weight excluding hydrogens is 488 g/mol. The molecule has 1 spiro atoms. The van der Waals surface area contributed by atoms with Crippen LogP contribution in [0.1, 0.15) is 37.7 Å². The van der Waals surface area contributed by atoms with Crippen LogP contribution in [0.25, 0.3) is 10.8 Å². The zero-order chi connectivity index (χ0) is 26.0. The first kappa shape index (κ1) is 25.2. The number of carboxylic acid groups (broad SMARTS) is 1. The van der Waals surface area contributed by atoms with Crippen LogP contribution in [0.4, 0.5) is 11.5 Å². The van der Waals surface area contributed by atoms with E-state index in [1.165, 1.54) is 11.8 Å². The quantitative estimate of drug-likeness (QED) is 0.365. The minimum atomic E-state index is -0.934. The molecule has 1 fully saturated rings. The van der Waals surface area contributed by atoms with Crippen molar-refractivity contribution in [1.82, 2.24) is 15.3 Å². The molecule has 3 heterocycles. The van der Waals surface area contributed by atoms with Crippen molar-refractivity contribution in [3.63, 3.8) is 0 Å². The van der Waals surface area contributed by atoms with Gasteiger partial charge in [0.2, 0.25) is 0 Å². The predicted molar refractivity (Wildman–Crippen MR) is 145 cm³/mol. The summed E-state index contributed by atoms with van der Waals surface area (Å²) in [4.78, 5) is 34.8. The highest BCUT2D eigenvalue weighted by Gasteiger charge is 2.55. The molecule has 1 saturated heterocycles. The Morgan fingerprint density at radius 1 is 1.16 bits per heavy atom. The average Bonchev–Trinajstić information content (AvgIpc) is 2.93. The third-order valence-corrected chi connectivity index (χ3v) is 8.27. The lowest BCUT2D eigenvalue weighted by Gasteiger charge is -2.47. The van der Waals surface area contributed by atoms with Crippen molar-refractivity contribution in [2.24, 2.45) is 5.41 Å². The van der Waals surface area contributed by atoms with E-state index in [2.05, 4.69) is 20.6 Å². The predicted octanol–water partition coefficient (Wildman–Crippen LogP) is 4.86. The molecule has 37 heavy (non-hydrogen) atoms. The van der Waals surface area contributed by atoms with Crippen LogP contribution in [0.3, 0.4) is 0 Å². The third-order valence-electron chi connectivity index (χ3n) is 7.47. The van der Waals surface area contributed by atoms with Gasteiger partial charge in [0.05, 0.1) is 10.3 Å². The molecule has 8 nitrogen and oxygen atoms in total. The van der Waals surface area contributed by atoms with Gasteiger partial charge in [-0.05, 0) is 60.7 Å². The number of carbonyl (C=O) groups is 2. The number of nitrogens with one attached hydrogen (secondary N) is 2. The van der Waals surface area contributed by atoms with Gasteiger partial charge in [0, 0.05) is 54.5 Å². The molecule has 9 heteroatoms. The minimum Gasteiger partial charge on any atom is -0.480 e. The van der Waals surface area contributed by atoms with Gasteiger partial charge >= 0.3 is 5.97 Å². The highest BCUT2D eigenvalue weighted by atomic mass is 32.2. The zero-order valence-corrected chi connectivity index (χ0v) is 21.7. The van der Waals surface area contributed by atoms with Gasteiger partial charge in [-0.3, -0.25) is 9.78 Å². The summed E-state index contributed by atoms with van der Waals surface area (Å²) in [6.45, 7) is 2.99. The molecular formula is C28H30N4O4S. The maximum Gasteiger partial charge on any atom is 0.326 e. The number of hydrogen-bond acceptors (Lipinski definition) is 8. The number of thioether (sulfide) groups is 1. The Bertz CT molecular complexity index is 1350. The fraction of sp³-hybridized carbons (Fsp3) is 0.357. The highest BCUT2D eigenvalue weighted by Crippen LogP contribution is 2.52. The molecule has 0 bridgehead atoms. The number of pyridine rings is 2. The number of aliphatic carboxylic acids is 1. The van der Waals surface area contributed by atoms with Gasteiger partial charge in [-0.25, -0.2) is 9.78 Å².